The second kappa shape index (κ2) is 11.4. The molecule has 1 aromatic heterocycles. The summed E-state index contributed by atoms with van der Waals surface area (Å²) in [6.45, 7) is 4.56. The lowest BCUT2D eigenvalue weighted by Gasteiger charge is -2.43. The van der Waals surface area contributed by atoms with Crippen LogP contribution in [-0.4, -0.2) is 59.6 Å². The molecule has 3 heterocycles. The van der Waals surface area contributed by atoms with E-state index in [0.29, 0.717) is 56.9 Å². The SMILES string of the molecule is CCN1CCOc2ccccc2CCCCC2(CCN(C(=O)c3cc(-c4cccc(F)c4)no3)CC2)C1=O. The van der Waals surface area contributed by atoms with Crippen LogP contribution in [0.25, 0.3) is 11.3 Å². The number of ether oxygens (including phenoxy) is 1. The van der Waals surface area contributed by atoms with E-state index < -0.39 is 5.41 Å². The van der Waals surface area contributed by atoms with Crippen molar-refractivity contribution in [3.05, 3.63) is 71.7 Å². The van der Waals surface area contributed by atoms with E-state index in [4.69, 9.17) is 9.26 Å². The Balaban J connectivity index is 1.28. The fraction of sp³-hybridized carbons (Fsp3) is 0.433. The van der Waals surface area contributed by atoms with Crippen molar-refractivity contribution < 1.29 is 23.2 Å². The molecule has 0 saturated carbocycles. The van der Waals surface area contributed by atoms with Gasteiger partial charge in [-0.3, -0.25) is 9.59 Å². The van der Waals surface area contributed by atoms with E-state index in [2.05, 4.69) is 11.2 Å². The molecule has 3 aromatic rings. The number of fused-ring (bicyclic) bond motifs is 1. The molecule has 5 rings (SSSR count). The highest BCUT2D eigenvalue weighted by Crippen LogP contribution is 2.40. The van der Waals surface area contributed by atoms with Gasteiger partial charge in [-0.2, -0.15) is 0 Å². The Morgan fingerprint density at radius 3 is 2.63 bits per heavy atom. The molecule has 0 aliphatic carbocycles. The molecule has 0 unspecified atom stereocenters. The first-order valence-corrected chi connectivity index (χ1v) is 13.5. The molecule has 0 atom stereocenters. The zero-order valence-electron chi connectivity index (χ0n) is 21.8. The number of carbonyl (C=O) groups is 2. The van der Waals surface area contributed by atoms with Crippen molar-refractivity contribution in [1.29, 1.82) is 0 Å². The van der Waals surface area contributed by atoms with Gasteiger partial charge >= 0.3 is 0 Å². The lowest BCUT2D eigenvalue weighted by molar-refractivity contribution is -0.145. The van der Waals surface area contributed by atoms with Crippen LogP contribution in [0.2, 0.25) is 0 Å². The van der Waals surface area contributed by atoms with Crippen LogP contribution < -0.4 is 4.74 Å². The van der Waals surface area contributed by atoms with Gasteiger partial charge in [-0.05, 0) is 62.8 Å². The van der Waals surface area contributed by atoms with Crippen LogP contribution in [0.3, 0.4) is 0 Å². The summed E-state index contributed by atoms with van der Waals surface area (Å²) in [6.07, 6.45) is 4.85. The minimum atomic E-state index is -0.486. The second-order valence-corrected chi connectivity index (χ2v) is 10.2. The third-order valence-corrected chi connectivity index (χ3v) is 7.91. The zero-order chi connectivity index (χ0) is 26.5. The number of rotatable bonds is 3. The molecule has 1 saturated heterocycles. The third-order valence-electron chi connectivity index (χ3n) is 7.91. The summed E-state index contributed by atoms with van der Waals surface area (Å²) >= 11 is 0. The number of carbonyl (C=O) groups excluding carboxylic acids is 2. The van der Waals surface area contributed by atoms with Crippen molar-refractivity contribution in [2.45, 2.75) is 45.4 Å². The van der Waals surface area contributed by atoms with Gasteiger partial charge in [0.05, 0.1) is 12.0 Å². The Morgan fingerprint density at radius 2 is 1.84 bits per heavy atom. The van der Waals surface area contributed by atoms with Gasteiger partial charge in [0.15, 0.2) is 0 Å². The van der Waals surface area contributed by atoms with Crippen LogP contribution in [0, 0.1) is 11.2 Å². The van der Waals surface area contributed by atoms with E-state index in [1.165, 1.54) is 17.7 Å². The smallest absolute Gasteiger partial charge is 0.292 e. The predicted octanol–water partition coefficient (Wildman–Crippen LogP) is 5.36. The quantitative estimate of drug-likeness (QED) is 0.466. The number of likely N-dealkylation sites (N-methyl/N-ethyl adjacent to an activating group) is 1. The maximum Gasteiger partial charge on any atom is 0.292 e. The summed E-state index contributed by atoms with van der Waals surface area (Å²) in [6, 6.07) is 15.7. The van der Waals surface area contributed by atoms with E-state index in [9.17, 15) is 14.0 Å². The van der Waals surface area contributed by atoms with Crippen LogP contribution in [0.15, 0.2) is 59.1 Å². The van der Waals surface area contributed by atoms with E-state index in [0.717, 1.165) is 31.4 Å². The van der Waals surface area contributed by atoms with Gasteiger partial charge < -0.3 is 19.1 Å². The number of hydrogen-bond acceptors (Lipinski definition) is 5. The van der Waals surface area contributed by atoms with Crippen LogP contribution in [0.4, 0.5) is 4.39 Å². The number of amides is 2. The minimum absolute atomic E-state index is 0.122. The van der Waals surface area contributed by atoms with E-state index >= 15 is 0 Å². The molecule has 7 nitrogen and oxygen atoms in total. The van der Waals surface area contributed by atoms with Crippen molar-refractivity contribution in [1.82, 2.24) is 15.0 Å². The summed E-state index contributed by atoms with van der Waals surface area (Å²) in [5.74, 6) is 0.561. The number of aryl methyl sites for hydroxylation is 1. The van der Waals surface area contributed by atoms with Crippen LogP contribution in [-0.2, 0) is 11.2 Å². The predicted molar refractivity (Wildman–Crippen MR) is 141 cm³/mol. The molecule has 0 bridgehead atoms. The van der Waals surface area contributed by atoms with Crippen LogP contribution in [0.5, 0.6) is 5.75 Å². The Bertz CT molecular complexity index is 1280. The lowest BCUT2D eigenvalue weighted by Crippen LogP contribution is -2.52. The van der Waals surface area contributed by atoms with Crippen molar-refractivity contribution in [2.24, 2.45) is 5.41 Å². The van der Waals surface area contributed by atoms with Crippen molar-refractivity contribution in [2.75, 3.05) is 32.8 Å². The van der Waals surface area contributed by atoms with Crippen LogP contribution >= 0.6 is 0 Å². The van der Waals surface area contributed by atoms with Gasteiger partial charge in [0.25, 0.3) is 5.91 Å². The number of para-hydroxylation sites is 1. The number of benzene rings is 2. The monoisotopic (exact) mass is 519 g/mol. The molecule has 2 aliphatic heterocycles. The molecule has 2 aromatic carbocycles. The van der Waals surface area contributed by atoms with Crippen molar-refractivity contribution in [3.8, 4) is 17.0 Å². The zero-order valence-corrected chi connectivity index (χ0v) is 21.8. The average molecular weight is 520 g/mol. The summed E-state index contributed by atoms with van der Waals surface area (Å²) in [4.78, 5) is 30.7. The maximum absolute atomic E-state index is 13.9. The molecule has 1 spiro atoms. The lowest BCUT2D eigenvalue weighted by atomic mass is 9.73. The number of likely N-dealkylation sites (tertiary alicyclic amines) is 1. The van der Waals surface area contributed by atoms with Gasteiger partial charge in [-0.25, -0.2) is 4.39 Å². The van der Waals surface area contributed by atoms with E-state index in [1.54, 1.807) is 23.1 Å². The molecule has 0 radical (unpaired) electrons. The van der Waals surface area contributed by atoms with Crippen LogP contribution in [0.1, 0.15) is 55.1 Å². The third kappa shape index (κ3) is 5.44. The van der Waals surface area contributed by atoms with E-state index in [1.807, 2.05) is 30.0 Å². The molecule has 38 heavy (non-hydrogen) atoms. The fourth-order valence-corrected chi connectivity index (χ4v) is 5.66. The fourth-order valence-electron chi connectivity index (χ4n) is 5.66. The highest BCUT2D eigenvalue weighted by molar-refractivity contribution is 5.93. The first kappa shape index (κ1) is 25.9. The van der Waals surface area contributed by atoms with Crippen molar-refractivity contribution in [3.63, 3.8) is 0 Å². The summed E-state index contributed by atoms with van der Waals surface area (Å²) in [7, 11) is 0. The Labute approximate surface area is 222 Å². The normalized spacial score (nSPS) is 18.3. The summed E-state index contributed by atoms with van der Waals surface area (Å²) in [5, 5.41) is 3.97. The highest BCUT2D eigenvalue weighted by atomic mass is 19.1. The van der Waals surface area contributed by atoms with Crippen molar-refractivity contribution >= 4 is 11.8 Å². The van der Waals surface area contributed by atoms with Gasteiger partial charge in [-0.15, -0.1) is 0 Å². The minimum Gasteiger partial charge on any atom is -0.491 e. The Kier molecular flexibility index (Phi) is 7.77. The van der Waals surface area contributed by atoms with Gasteiger partial charge in [0.2, 0.25) is 11.7 Å². The summed E-state index contributed by atoms with van der Waals surface area (Å²) < 4.78 is 25.0. The van der Waals surface area contributed by atoms with E-state index in [-0.39, 0.29) is 23.4 Å². The number of piperidine rings is 1. The standard InChI is InChI=1S/C30H34FN3O4/c1-2-33-18-19-37-26-12-4-3-8-22(26)9-5-6-13-30(29(33)36)14-16-34(17-15-30)28(35)27-21-25(32-38-27)23-10-7-11-24(31)20-23/h3-4,7-8,10-12,20-21H,2,5-6,9,13-19H2,1H3. The Hall–Kier alpha value is -3.68. The molecule has 2 amide bonds. The molecule has 200 valence electrons. The first-order valence-electron chi connectivity index (χ1n) is 13.5. The number of nitrogens with zero attached hydrogens (tertiary/aromatic N) is 3. The number of hydrogen-bond donors (Lipinski definition) is 0. The van der Waals surface area contributed by atoms with Gasteiger partial charge in [-0.1, -0.05) is 41.9 Å². The largest absolute Gasteiger partial charge is 0.491 e. The number of aromatic nitrogens is 1. The molecule has 2 aliphatic rings. The first-order chi connectivity index (χ1) is 18.5. The van der Waals surface area contributed by atoms with Gasteiger partial charge in [0, 0.05) is 31.3 Å². The topological polar surface area (TPSA) is 75.9 Å². The molecule has 0 N–H and O–H groups in total. The molecular weight excluding hydrogens is 485 g/mol. The Morgan fingerprint density at radius 1 is 1.03 bits per heavy atom. The average Bonchev–Trinajstić information content (AvgIpc) is 3.44. The molecular formula is C30H34FN3O4. The van der Waals surface area contributed by atoms with Gasteiger partial charge in [0.1, 0.15) is 23.9 Å². The second-order valence-electron chi connectivity index (χ2n) is 10.2. The molecule has 8 heteroatoms. The maximum atomic E-state index is 13.9. The summed E-state index contributed by atoms with van der Waals surface area (Å²) in [5.41, 5.74) is 1.69. The number of halogens is 1. The highest BCUT2D eigenvalue weighted by Gasteiger charge is 2.44. The molecule has 1 fully saturated rings.